The first-order chi connectivity index (χ1) is 13.4. The van der Waals surface area contributed by atoms with Gasteiger partial charge in [-0.15, -0.1) is 0 Å². The molecule has 5 nitrogen and oxygen atoms in total. The van der Waals surface area contributed by atoms with Gasteiger partial charge in [-0.1, -0.05) is 12.1 Å². The second-order valence-electron chi connectivity index (χ2n) is 6.44. The lowest BCUT2D eigenvalue weighted by Gasteiger charge is -2.31. The lowest BCUT2D eigenvalue weighted by atomic mass is 9.95. The van der Waals surface area contributed by atoms with Crippen LogP contribution in [-0.4, -0.2) is 36.4 Å². The number of anilines is 1. The van der Waals surface area contributed by atoms with Gasteiger partial charge >= 0.3 is 6.61 Å². The molecule has 1 saturated heterocycles. The Morgan fingerprint density at radius 3 is 2.32 bits per heavy atom. The third kappa shape index (κ3) is 4.82. The van der Waals surface area contributed by atoms with Crippen molar-refractivity contribution in [2.75, 3.05) is 18.4 Å². The minimum atomic E-state index is -2.99. The maximum atomic E-state index is 13.0. The Balaban J connectivity index is 1.57. The minimum Gasteiger partial charge on any atom is -0.433 e. The van der Waals surface area contributed by atoms with Gasteiger partial charge in [0.1, 0.15) is 11.6 Å². The Kier molecular flexibility index (Phi) is 6.18. The lowest BCUT2D eigenvalue weighted by molar-refractivity contribution is -0.121. The van der Waals surface area contributed by atoms with Crippen molar-refractivity contribution in [3.8, 4) is 5.75 Å². The van der Waals surface area contributed by atoms with E-state index in [0.29, 0.717) is 31.5 Å². The van der Waals surface area contributed by atoms with E-state index in [2.05, 4.69) is 10.1 Å². The van der Waals surface area contributed by atoms with Gasteiger partial charge in [-0.25, -0.2) is 4.39 Å². The summed E-state index contributed by atoms with van der Waals surface area (Å²) >= 11 is 0. The molecule has 1 aliphatic heterocycles. The molecule has 28 heavy (non-hydrogen) atoms. The normalized spacial score (nSPS) is 14.8. The number of hydrogen-bond donors (Lipinski definition) is 1. The maximum absolute atomic E-state index is 13.0. The van der Waals surface area contributed by atoms with E-state index in [4.69, 9.17) is 0 Å². The van der Waals surface area contributed by atoms with E-state index in [9.17, 15) is 22.8 Å². The molecule has 2 amide bonds. The summed E-state index contributed by atoms with van der Waals surface area (Å²) in [5.41, 5.74) is 0.569. The average Bonchev–Trinajstić information content (AvgIpc) is 2.69. The number of carbonyl (C=O) groups is 2. The molecule has 0 atom stereocenters. The highest BCUT2D eigenvalue weighted by atomic mass is 19.3. The van der Waals surface area contributed by atoms with Gasteiger partial charge in [-0.3, -0.25) is 9.59 Å². The van der Waals surface area contributed by atoms with Crippen molar-refractivity contribution in [2.45, 2.75) is 19.5 Å². The Morgan fingerprint density at radius 2 is 1.68 bits per heavy atom. The number of ether oxygens (including phenoxy) is 1. The number of alkyl halides is 2. The van der Waals surface area contributed by atoms with Crippen LogP contribution in [0, 0.1) is 11.7 Å². The van der Waals surface area contributed by atoms with Gasteiger partial charge in [0.05, 0.1) is 5.69 Å². The molecule has 3 rings (SSSR count). The summed E-state index contributed by atoms with van der Waals surface area (Å²) in [6.07, 6.45) is 0.882. The number of nitrogens with zero attached hydrogens (tertiary/aromatic N) is 1. The topological polar surface area (TPSA) is 58.6 Å². The second kappa shape index (κ2) is 8.77. The molecule has 1 fully saturated rings. The van der Waals surface area contributed by atoms with Gasteiger partial charge < -0.3 is 15.0 Å². The summed E-state index contributed by atoms with van der Waals surface area (Å²) in [7, 11) is 0. The lowest BCUT2D eigenvalue weighted by Crippen LogP contribution is -2.41. The van der Waals surface area contributed by atoms with Crippen LogP contribution in [0.15, 0.2) is 48.5 Å². The molecule has 0 bridgehead atoms. The van der Waals surface area contributed by atoms with E-state index >= 15 is 0 Å². The van der Waals surface area contributed by atoms with Crippen LogP contribution in [0.25, 0.3) is 0 Å². The Morgan fingerprint density at radius 1 is 1.04 bits per heavy atom. The standard InChI is InChI=1S/C20H19F3N2O3/c21-15-7-5-14(6-8-15)19(27)25-11-9-13(10-12-25)18(26)24-16-3-1-2-4-17(16)28-20(22)23/h1-8,13,20H,9-12H2,(H,24,26). The fraction of sp³-hybridized carbons (Fsp3) is 0.300. The number of halogens is 3. The number of hydrogen-bond acceptors (Lipinski definition) is 3. The first-order valence-corrected chi connectivity index (χ1v) is 8.83. The highest BCUT2D eigenvalue weighted by Crippen LogP contribution is 2.27. The van der Waals surface area contributed by atoms with Crippen LogP contribution in [0.3, 0.4) is 0 Å². The molecular formula is C20H19F3N2O3. The van der Waals surface area contributed by atoms with Gasteiger partial charge in [0.15, 0.2) is 0 Å². The third-order valence-corrected chi connectivity index (χ3v) is 4.61. The number of likely N-dealkylation sites (tertiary alicyclic amines) is 1. The zero-order valence-electron chi connectivity index (χ0n) is 14.9. The van der Waals surface area contributed by atoms with Crippen molar-refractivity contribution in [1.29, 1.82) is 0 Å². The molecule has 2 aromatic rings. The molecular weight excluding hydrogens is 373 g/mol. The quantitative estimate of drug-likeness (QED) is 0.839. The van der Waals surface area contributed by atoms with Crippen molar-refractivity contribution in [3.05, 3.63) is 59.9 Å². The number of rotatable bonds is 5. The second-order valence-corrected chi connectivity index (χ2v) is 6.44. The van der Waals surface area contributed by atoms with Crippen LogP contribution >= 0.6 is 0 Å². The molecule has 0 aliphatic carbocycles. The van der Waals surface area contributed by atoms with Crippen LogP contribution in [0.5, 0.6) is 5.75 Å². The molecule has 148 valence electrons. The monoisotopic (exact) mass is 392 g/mol. The van der Waals surface area contributed by atoms with Gasteiger partial charge in [-0.2, -0.15) is 8.78 Å². The Labute approximate surface area is 160 Å². The highest BCUT2D eigenvalue weighted by molar-refractivity contribution is 5.95. The number of piperidine rings is 1. The predicted octanol–water partition coefficient (Wildman–Crippen LogP) is 3.92. The van der Waals surface area contributed by atoms with Gasteiger partial charge in [-0.05, 0) is 49.2 Å². The zero-order chi connectivity index (χ0) is 20.1. The van der Waals surface area contributed by atoms with Crippen molar-refractivity contribution in [1.82, 2.24) is 4.90 Å². The third-order valence-electron chi connectivity index (χ3n) is 4.61. The van der Waals surface area contributed by atoms with Crippen LogP contribution in [0.4, 0.5) is 18.9 Å². The average molecular weight is 392 g/mol. The molecule has 0 aromatic heterocycles. The smallest absolute Gasteiger partial charge is 0.387 e. The van der Waals surface area contributed by atoms with E-state index in [1.54, 1.807) is 11.0 Å². The summed E-state index contributed by atoms with van der Waals surface area (Å²) in [6.45, 7) is -2.23. The van der Waals surface area contributed by atoms with Crippen LogP contribution in [0.1, 0.15) is 23.2 Å². The van der Waals surface area contributed by atoms with E-state index in [0.717, 1.165) is 0 Å². The maximum Gasteiger partial charge on any atom is 0.387 e. The Hall–Kier alpha value is -3.03. The fourth-order valence-corrected chi connectivity index (χ4v) is 3.12. The first-order valence-electron chi connectivity index (χ1n) is 8.83. The summed E-state index contributed by atoms with van der Waals surface area (Å²) in [4.78, 5) is 26.5. The molecule has 1 N–H and O–H groups in total. The number of benzene rings is 2. The van der Waals surface area contributed by atoms with E-state index < -0.39 is 12.4 Å². The van der Waals surface area contributed by atoms with Crippen LogP contribution in [0.2, 0.25) is 0 Å². The molecule has 0 unspecified atom stereocenters. The van der Waals surface area contributed by atoms with Gasteiger partial charge in [0.25, 0.3) is 5.91 Å². The summed E-state index contributed by atoms with van der Waals surface area (Å²) in [5, 5.41) is 2.63. The highest BCUT2D eigenvalue weighted by Gasteiger charge is 2.28. The Bertz CT molecular complexity index is 835. The number of carbonyl (C=O) groups excluding carboxylic acids is 2. The van der Waals surface area contributed by atoms with Crippen molar-refractivity contribution >= 4 is 17.5 Å². The van der Waals surface area contributed by atoms with Gasteiger partial charge in [0.2, 0.25) is 5.91 Å². The van der Waals surface area contributed by atoms with Crippen LogP contribution in [-0.2, 0) is 4.79 Å². The SMILES string of the molecule is O=C(Nc1ccccc1OC(F)F)C1CCN(C(=O)c2ccc(F)cc2)CC1. The molecule has 0 radical (unpaired) electrons. The van der Waals surface area contributed by atoms with Crippen LogP contribution < -0.4 is 10.1 Å². The summed E-state index contributed by atoms with van der Waals surface area (Å²) in [6, 6.07) is 11.3. The predicted molar refractivity (Wildman–Crippen MR) is 96.7 cm³/mol. The van der Waals surface area contributed by atoms with Crippen molar-refractivity contribution in [3.63, 3.8) is 0 Å². The van der Waals surface area contributed by atoms with Crippen molar-refractivity contribution in [2.24, 2.45) is 5.92 Å². The fourth-order valence-electron chi connectivity index (χ4n) is 3.12. The molecule has 1 aliphatic rings. The molecule has 8 heteroatoms. The molecule has 2 aromatic carbocycles. The molecule has 0 spiro atoms. The van der Waals surface area contributed by atoms with Gasteiger partial charge in [0, 0.05) is 24.6 Å². The van der Waals surface area contributed by atoms with Crippen molar-refractivity contribution < 1.29 is 27.5 Å². The minimum absolute atomic E-state index is 0.102. The first kappa shape index (κ1) is 19.7. The molecule has 0 saturated carbocycles. The largest absolute Gasteiger partial charge is 0.433 e. The number of amides is 2. The summed E-state index contributed by atoms with van der Waals surface area (Å²) < 4.78 is 42.4. The number of para-hydroxylation sites is 2. The van der Waals surface area contributed by atoms with E-state index in [-0.39, 0.29) is 29.2 Å². The number of nitrogens with one attached hydrogen (secondary N) is 1. The summed E-state index contributed by atoms with van der Waals surface area (Å²) in [5.74, 6) is -1.39. The molecule has 1 heterocycles. The van der Waals surface area contributed by atoms with E-state index in [1.165, 1.54) is 42.5 Å². The van der Waals surface area contributed by atoms with E-state index in [1.807, 2.05) is 0 Å². The zero-order valence-corrected chi connectivity index (χ0v) is 14.9.